The lowest BCUT2D eigenvalue weighted by molar-refractivity contribution is -0.389. The fraction of sp³-hybridized carbons (Fsp3) is 0.312. The molecule has 2 aromatic heterocycles. The van der Waals surface area contributed by atoms with Gasteiger partial charge in [-0.15, -0.1) is 0 Å². The minimum absolute atomic E-state index is 0.148. The fourth-order valence-electron chi connectivity index (χ4n) is 2.70. The van der Waals surface area contributed by atoms with Crippen LogP contribution in [0.4, 0.5) is 5.82 Å². The number of aryl methyl sites for hydroxylation is 3. The summed E-state index contributed by atoms with van der Waals surface area (Å²) >= 11 is 0. The smallest absolute Gasteiger partial charge is 0.390 e. The summed E-state index contributed by atoms with van der Waals surface area (Å²) in [5, 5.41) is 18.7. The molecular weight excluding hydrogens is 342 g/mol. The molecule has 1 aliphatic rings. The Kier molecular flexibility index (Phi) is 3.99. The quantitative estimate of drug-likeness (QED) is 0.488. The average molecular weight is 357 g/mol. The first-order valence-electron chi connectivity index (χ1n) is 8.01. The second-order valence-electron chi connectivity index (χ2n) is 5.81. The second-order valence-corrected chi connectivity index (χ2v) is 5.81. The van der Waals surface area contributed by atoms with Crippen LogP contribution in [0, 0.1) is 17.0 Å². The molecule has 4 rings (SSSR count). The van der Waals surface area contributed by atoms with Crippen LogP contribution in [-0.2, 0) is 13.0 Å². The predicted molar refractivity (Wildman–Crippen MR) is 87.8 cm³/mol. The highest BCUT2D eigenvalue weighted by molar-refractivity contribution is 5.61. The molecule has 0 saturated carbocycles. The molecule has 3 aromatic rings. The Balaban J connectivity index is 1.39. The number of hydrogen-bond acceptors (Lipinski definition) is 8. The molecule has 10 heteroatoms. The molecule has 0 N–H and O–H groups in total. The van der Waals surface area contributed by atoms with E-state index in [1.807, 2.05) is 12.1 Å². The Bertz CT molecular complexity index is 964. The minimum Gasteiger partial charge on any atom is -0.454 e. The SMILES string of the molecule is Cc1cc([N+](=O)[O-])nn1CCCc1nc(-c2ccc3c(c2)OCO3)no1. The van der Waals surface area contributed by atoms with E-state index in [0.717, 1.165) is 11.3 Å². The highest BCUT2D eigenvalue weighted by atomic mass is 16.7. The molecule has 134 valence electrons. The van der Waals surface area contributed by atoms with Gasteiger partial charge in [0.2, 0.25) is 18.5 Å². The van der Waals surface area contributed by atoms with Crippen molar-refractivity contribution in [3.63, 3.8) is 0 Å². The van der Waals surface area contributed by atoms with E-state index in [4.69, 9.17) is 14.0 Å². The first kappa shape index (κ1) is 16.1. The van der Waals surface area contributed by atoms with Gasteiger partial charge in [-0.1, -0.05) is 5.16 Å². The first-order chi connectivity index (χ1) is 12.6. The lowest BCUT2D eigenvalue weighted by Crippen LogP contribution is -2.04. The Labute approximate surface area is 147 Å². The summed E-state index contributed by atoms with van der Waals surface area (Å²) in [5.41, 5.74) is 1.52. The predicted octanol–water partition coefficient (Wildman–Crippen LogP) is 2.51. The van der Waals surface area contributed by atoms with Gasteiger partial charge in [0.25, 0.3) is 0 Å². The van der Waals surface area contributed by atoms with Crippen molar-refractivity contribution in [2.75, 3.05) is 6.79 Å². The molecule has 0 unspecified atom stereocenters. The Morgan fingerprint density at radius 3 is 2.92 bits per heavy atom. The van der Waals surface area contributed by atoms with Crippen molar-refractivity contribution in [2.45, 2.75) is 26.3 Å². The van der Waals surface area contributed by atoms with Crippen molar-refractivity contribution in [3.8, 4) is 22.9 Å². The molecule has 0 bridgehead atoms. The number of fused-ring (bicyclic) bond motifs is 1. The van der Waals surface area contributed by atoms with Crippen molar-refractivity contribution < 1.29 is 18.9 Å². The van der Waals surface area contributed by atoms with Gasteiger partial charge in [-0.25, -0.2) is 0 Å². The molecule has 0 saturated heterocycles. The second kappa shape index (κ2) is 6.47. The van der Waals surface area contributed by atoms with Crippen LogP contribution in [0.15, 0.2) is 28.8 Å². The number of benzene rings is 1. The first-order valence-corrected chi connectivity index (χ1v) is 8.01. The van der Waals surface area contributed by atoms with E-state index < -0.39 is 4.92 Å². The maximum absolute atomic E-state index is 10.7. The normalized spacial score (nSPS) is 12.5. The van der Waals surface area contributed by atoms with E-state index in [2.05, 4.69) is 15.2 Å². The van der Waals surface area contributed by atoms with Crippen LogP contribution in [0.5, 0.6) is 11.5 Å². The molecule has 3 heterocycles. The third-order valence-corrected chi connectivity index (χ3v) is 4.01. The number of ether oxygens (including phenoxy) is 2. The lowest BCUT2D eigenvalue weighted by Gasteiger charge is -1.98. The zero-order valence-corrected chi connectivity index (χ0v) is 13.9. The van der Waals surface area contributed by atoms with Gasteiger partial charge in [0, 0.05) is 12.0 Å². The molecule has 1 aliphatic heterocycles. The minimum atomic E-state index is -0.501. The van der Waals surface area contributed by atoms with E-state index in [0.29, 0.717) is 42.6 Å². The summed E-state index contributed by atoms with van der Waals surface area (Å²) in [5.74, 6) is 2.18. The number of hydrogen-bond donors (Lipinski definition) is 0. The molecular formula is C16H15N5O5. The largest absolute Gasteiger partial charge is 0.454 e. The topological polar surface area (TPSA) is 118 Å². The number of rotatable bonds is 6. The van der Waals surface area contributed by atoms with E-state index in [-0.39, 0.29) is 12.6 Å². The van der Waals surface area contributed by atoms with Gasteiger partial charge >= 0.3 is 5.82 Å². The van der Waals surface area contributed by atoms with Crippen molar-refractivity contribution in [1.29, 1.82) is 0 Å². The Morgan fingerprint density at radius 1 is 1.27 bits per heavy atom. The molecule has 26 heavy (non-hydrogen) atoms. The maximum Gasteiger partial charge on any atom is 0.390 e. The molecule has 0 amide bonds. The summed E-state index contributed by atoms with van der Waals surface area (Å²) in [6.07, 6.45) is 1.22. The van der Waals surface area contributed by atoms with Crippen molar-refractivity contribution in [2.24, 2.45) is 0 Å². The summed E-state index contributed by atoms with van der Waals surface area (Å²) < 4.78 is 17.5. The van der Waals surface area contributed by atoms with Gasteiger partial charge in [0.15, 0.2) is 11.5 Å². The molecule has 1 aromatic carbocycles. The van der Waals surface area contributed by atoms with Crippen molar-refractivity contribution >= 4 is 5.82 Å². The molecule has 0 fully saturated rings. The van der Waals surface area contributed by atoms with Crippen molar-refractivity contribution in [3.05, 3.63) is 46.0 Å². The van der Waals surface area contributed by atoms with Gasteiger partial charge < -0.3 is 24.1 Å². The zero-order chi connectivity index (χ0) is 18.1. The molecule has 0 spiro atoms. The standard InChI is InChI=1S/C16H15N5O5/c1-10-7-14(21(22)23)18-20(10)6-2-3-15-17-16(19-26-15)11-4-5-12-13(8-11)25-9-24-12/h4-5,7-8H,2-3,6,9H2,1H3. The fourth-order valence-corrected chi connectivity index (χ4v) is 2.70. The molecule has 0 aliphatic carbocycles. The van der Waals surface area contributed by atoms with Gasteiger partial charge in [-0.3, -0.25) is 0 Å². The highest BCUT2D eigenvalue weighted by Crippen LogP contribution is 2.35. The number of nitrogens with zero attached hydrogens (tertiary/aromatic N) is 5. The summed E-state index contributed by atoms with van der Waals surface area (Å²) in [4.78, 5) is 14.6. The Morgan fingerprint density at radius 2 is 2.12 bits per heavy atom. The zero-order valence-electron chi connectivity index (χ0n) is 13.9. The molecule has 0 atom stereocenters. The van der Waals surface area contributed by atoms with Gasteiger partial charge in [-0.05, 0) is 36.5 Å². The Hall–Kier alpha value is -3.43. The molecule has 10 nitrogen and oxygen atoms in total. The van der Waals surface area contributed by atoms with Crippen LogP contribution in [0.2, 0.25) is 0 Å². The van der Waals surface area contributed by atoms with E-state index in [9.17, 15) is 10.1 Å². The maximum atomic E-state index is 10.7. The van der Waals surface area contributed by atoms with Gasteiger partial charge in [-0.2, -0.15) is 9.67 Å². The summed E-state index contributed by atoms with van der Waals surface area (Å²) in [6.45, 7) is 2.52. The average Bonchev–Trinajstić information content (AvgIpc) is 3.34. The summed E-state index contributed by atoms with van der Waals surface area (Å²) in [6, 6.07) is 6.91. The van der Waals surface area contributed by atoms with Crippen LogP contribution >= 0.6 is 0 Å². The van der Waals surface area contributed by atoms with E-state index >= 15 is 0 Å². The monoisotopic (exact) mass is 357 g/mol. The van der Waals surface area contributed by atoms with Crippen LogP contribution in [0.25, 0.3) is 11.4 Å². The van der Waals surface area contributed by atoms with Crippen molar-refractivity contribution in [1.82, 2.24) is 19.9 Å². The number of nitro groups is 1. The van der Waals surface area contributed by atoms with E-state index in [1.165, 1.54) is 6.07 Å². The van der Waals surface area contributed by atoms with E-state index in [1.54, 1.807) is 17.7 Å². The third-order valence-electron chi connectivity index (χ3n) is 4.01. The van der Waals surface area contributed by atoms with Gasteiger partial charge in [0.05, 0.1) is 23.4 Å². The van der Waals surface area contributed by atoms with Crippen LogP contribution in [0.1, 0.15) is 18.0 Å². The lowest BCUT2D eigenvalue weighted by atomic mass is 10.2. The highest BCUT2D eigenvalue weighted by Gasteiger charge is 2.17. The van der Waals surface area contributed by atoms with Crippen LogP contribution in [0.3, 0.4) is 0 Å². The van der Waals surface area contributed by atoms with Crippen LogP contribution in [-0.4, -0.2) is 31.6 Å². The van der Waals surface area contributed by atoms with Crippen LogP contribution < -0.4 is 9.47 Å². The number of aromatic nitrogens is 4. The van der Waals surface area contributed by atoms with Gasteiger partial charge in [0.1, 0.15) is 0 Å². The third kappa shape index (κ3) is 3.08. The summed E-state index contributed by atoms with van der Waals surface area (Å²) in [7, 11) is 0. The molecule has 0 radical (unpaired) electrons.